The molecule has 5 nitrogen and oxygen atoms in total. The van der Waals surface area contributed by atoms with Gasteiger partial charge in [-0.2, -0.15) is 5.26 Å². The topological polar surface area (TPSA) is 85.2 Å². The van der Waals surface area contributed by atoms with Crippen molar-refractivity contribution in [3.63, 3.8) is 0 Å². The number of nitriles is 1. The Kier molecular flexibility index (Phi) is 7.03. The number of nitrogens with one attached hydrogen (secondary N) is 1. The first-order chi connectivity index (χ1) is 7.54. The Bertz CT molecular complexity index is 406. The zero-order valence-electron chi connectivity index (χ0n) is 8.69. The second kappa shape index (κ2) is 7.76. The monoisotopic (exact) mass is 245 g/mol. The summed E-state index contributed by atoms with van der Waals surface area (Å²) < 4.78 is 37.7. The van der Waals surface area contributed by atoms with Crippen LogP contribution in [0.3, 0.4) is 0 Å². The largest absolute Gasteiger partial charge is 0.760 e. The third-order valence-corrected chi connectivity index (χ3v) is 1.78. The highest BCUT2D eigenvalue weighted by Crippen LogP contribution is 2.17. The van der Waals surface area contributed by atoms with E-state index in [1.54, 1.807) is 0 Å². The van der Waals surface area contributed by atoms with E-state index in [4.69, 9.17) is 10.00 Å². The molecule has 0 saturated carbocycles. The molecule has 0 amide bonds. The maximum absolute atomic E-state index is 12.5. The highest BCUT2D eigenvalue weighted by molar-refractivity contribution is 7.77. The quantitative estimate of drug-likeness (QED) is 0.777. The van der Waals surface area contributed by atoms with Crippen molar-refractivity contribution >= 4 is 11.3 Å². The van der Waals surface area contributed by atoms with Crippen LogP contribution in [0.15, 0.2) is 18.2 Å². The first kappa shape index (κ1) is 14.5. The van der Waals surface area contributed by atoms with Gasteiger partial charge in [-0.1, -0.05) is 0 Å². The van der Waals surface area contributed by atoms with E-state index in [2.05, 4.69) is 0 Å². The Balaban J connectivity index is 0.000000385. The molecule has 0 saturated heterocycles. The minimum Gasteiger partial charge on any atom is -0.760 e. The fraction of sp³-hybridized carbons (Fsp3) is 0.222. The molecule has 7 heteroatoms. The molecule has 1 N–H and O–H groups in total. The second-order valence-corrected chi connectivity index (χ2v) is 3.27. The van der Waals surface area contributed by atoms with Crippen LogP contribution in [-0.2, 0) is 11.3 Å². The van der Waals surface area contributed by atoms with Gasteiger partial charge in [-0.15, -0.1) is 0 Å². The highest BCUT2D eigenvalue weighted by atomic mass is 32.2. The molecular weight excluding hydrogens is 235 g/mol. The molecule has 0 aliphatic heterocycles. The molecule has 88 valence electrons. The second-order valence-electron chi connectivity index (χ2n) is 2.40. The third-order valence-electron chi connectivity index (χ3n) is 1.45. The summed E-state index contributed by atoms with van der Waals surface area (Å²) in [7, 11) is 2.77. The molecule has 1 aromatic rings. The number of nitrogens with zero attached hydrogens (tertiary/aromatic N) is 1. The Morgan fingerprint density at radius 1 is 1.62 bits per heavy atom. The summed E-state index contributed by atoms with van der Waals surface area (Å²) in [6.45, 7) is 0. The van der Waals surface area contributed by atoms with Crippen LogP contribution in [0.1, 0.15) is 5.56 Å². The summed E-state index contributed by atoms with van der Waals surface area (Å²) in [5.41, 5.74) is 0.215. The van der Waals surface area contributed by atoms with Gasteiger partial charge in [0.25, 0.3) is 0 Å². The van der Waals surface area contributed by atoms with E-state index in [1.165, 1.54) is 26.3 Å². The molecule has 1 unspecified atom stereocenters. The molecular formula is C9H10FN2O3S-. The van der Waals surface area contributed by atoms with Gasteiger partial charge in [0.1, 0.15) is 17.6 Å². The van der Waals surface area contributed by atoms with Crippen LogP contribution in [-0.4, -0.2) is 22.9 Å². The fourth-order valence-corrected chi connectivity index (χ4v) is 0.768. The van der Waals surface area contributed by atoms with Gasteiger partial charge >= 0.3 is 0 Å². The van der Waals surface area contributed by atoms with E-state index in [-0.39, 0.29) is 5.56 Å². The van der Waals surface area contributed by atoms with Gasteiger partial charge in [-0.05, 0) is 25.2 Å². The normalized spacial score (nSPS) is 10.7. The molecule has 0 aromatic heterocycles. The predicted octanol–water partition coefficient (Wildman–Crippen LogP) is 0.706. The van der Waals surface area contributed by atoms with E-state index in [0.717, 1.165) is 6.07 Å². The summed E-state index contributed by atoms with van der Waals surface area (Å²) in [6.07, 6.45) is 0. The maximum Gasteiger partial charge on any atom is 0.136 e. The van der Waals surface area contributed by atoms with Crippen molar-refractivity contribution in [3.05, 3.63) is 29.6 Å². The number of rotatable bonds is 2. The number of hydrogen-bond acceptors (Lipinski definition) is 4. The summed E-state index contributed by atoms with van der Waals surface area (Å²) in [5, 5.41) is 8.48. The Hall–Kier alpha value is -1.49. The van der Waals surface area contributed by atoms with E-state index in [1.807, 2.05) is 10.8 Å². The van der Waals surface area contributed by atoms with Crippen LogP contribution < -0.4 is 9.46 Å². The van der Waals surface area contributed by atoms with Crippen molar-refractivity contribution in [2.45, 2.75) is 0 Å². The zero-order valence-corrected chi connectivity index (χ0v) is 9.51. The number of benzene rings is 1. The Morgan fingerprint density at radius 2 is 2.19 bits per heavy atom. The lowest BCUT2D eigenvalue weighted by molar-refractivity contribution is 0.412. The van der Waals surface area contributed by atoms with Crippen molar-refractivity contribution in [1.82, 2.24) is 4.72 Å². The van der Waals surface area contributed by atoms with Gasteiger partial charge < -0.3 is 9.29 Å². The Labute approximate surface area is 95.3 Å². The van der Waals surface area contributed by atoms with Crippen LogP contribution in [0.2, 0.25) is 0 Å². The molecule has 0 spiro atoms. The molecule has 1 rings (SSSR count). The number of hydrogen-bond donors (Lipinski definition) is 1. The van der Waals surface area contributed by atoms with Gasteiger partial charge in [-0.3, -0.25) is 8.93 Å². The van der Waals surface area contributed by atoms with Crippen molar-refractivity contribution in [2.24, 2.45) is 0 Å². The van der Waals surface area contributed by atoms with E-state index >= 15 is 0 Å². The summed E-state index contributed by atoms with van der Waals surface area (Å²) >= 11 is -2.07. The lowest BCUT2D eigenvalue weighted by Crippen LogP contribution is -2.07. The molecule has 0 bridgehead atoms. The van der Waals surface area contributed by atoms with Gasteiger partial charge in [0.2, 0.25) is 0 Å². The lowest BCUT2D eigenvalue weighted by Gasteiger charge is -2.00. The molecule has 1 atom stereocenters. The first-order valence-electron chi connectivity index (χ1n) is 4.05. The van der Waals surface area contributed by atoms with Crippen LogP contribution in [0, 0.1) is 17.1 Å². The molecule has 0 fully saturated rings. The molecule has 0 radical (unpaired) electrons. The minimum absolute atomic E-state index is 0.215. The summed E-state index contributed by atoms with van der Waals surface area (Å²) in [5.74, 6) is -0.0312. The van der Waals surface area contributed by atoms with Crippen molar-refractivity contribution < 1.29 is 17.9 Å². The van der Waals surface area contributed by atoms with Crippen molar-refractivity contribution in [2.75, 3.05) is 14.2 Å². The zero-order chi connectivity index (χ0) is 12.6. The van der Waals surface area contributed by atoms with E-state index < -0.39 is 17.1 Å². The molecule has 0 heterocycles. The van der Waals surface area contributed by atoms with Gasteiger partial charge in [0, 0.05) is 11.3 Å². The van der Waals surface area contributed by atoms with Gasteiger partial charge in [-0.25, -0.2) is 4.39 Å². The minimum atomic E-state index is -2.07. The maximum atomic E-state index is 12.5. The number of ether oxygens (including phenoxy) is 1. The number of halogens is 1. The highest BCUT2D eigenvalue weighted by Gasteiger charge is 2.01. The molecule has 1 aromatic carbocycles. The summed E-state index contributed by atoms with van der Waals surface area (Å²) in [6, 6.07) is 5.63. The molecule has 0 aliphatic carbocycles. The standard InChI is InChI=1S/C8H6FNO.CH5NO2S/c1-11-8-3-2-7(9)4-6(8)5-10;1-2-5(3)4/h2-4H,1H3;2H,1H3,(H,3,4)/p-1. The first-order valence-corrected chi connectivity index (χ1v) is 5.13. The summed E-state index contributed by atoms with van der Waals surface area (Å²) in [4.78, 5) is 0. The average Bonchev–Trinajstić information content (AvgIpc) is 2.29. The lowest BCUT2D eigenvalue weighted by atomic mass is 10.2. The van der Waals surface area contributed by atoms with E-state index in [0.29, 0.717) is 5.75 Å². The van der Waals surface area contributed by atoms with Crippen LogP contribution in [0.5, 0.6) is 5.75 Å². The van der Waals surface area contributed by atoms with E-state index in [9.17, 15) is 13.2 Å². The smallest absolute Gasteiger partial charge is 0.136 e. The third kappa shape index (κ3) is 5.41. The van der Waals surface area contributed by atoms with Gasteiger partial charge in [0.05, 0.1) is 12.7 Å². The van der Waals surface area contributed by atoms with Crippen molar-refractivity contribution in [3.8, 4) is 11.8 Å². The predicted molar refractivity (Wildman–Crippen MR) is 55.6 cm³/mol. The van der Waals surface area contributed by atoms with Crippen LogP contribution in [0.25, 0.3) is 0 Å². The molecule has 16 heavy (non-hydrogen) atoms. The van der Waals surface area contributed by atoms with Crippen LogP contribution >= 0.6 is 0 Å². The van der Waals surface area contributed by atoms with Gasteiger partial charge in [0.15, 0.2) is 0 Å². The SMILES string of the molecule is CNS(=O)[O-].COc1ccc(F)cc1C#N. The number of methoxy groups -OCH3 is 1. The molecule has 0 aliphatic rings. The van der Waals surface area contributed by atoms with Crippen LogP contribution in [0.4, 0.5) is 4.39 Å². The average molecular weight is 245 g/mol. The fourth-order valence-electron chi connectivity index (χ4n) is 0.768. The van der Waals surface area contributed by atoms with Crippen molar-refractivity contribution in [1.29, 1.82) is 5.26 Å². The Morgan fingerprint density at radius 3 is 2.56 bits per heavy atom.